The Morgan fingerprint density at radius 1 is 0.963 bits per heavy atom. The van der Waals surface area contributed by atoms with Gasteiger partial charge in [0.2, 0.25) is 0 Å². The van der Waals surface area contributed by atoms with Crippen LogP contribution in [-0.2, 0) is 26.2 Å². The van der Waals surface area contributed by atoms with Crippen molar-refractivity contribution in [3.8, 4) is 0 Å². The molecule has 0 heterocycles. The third kappa shape index (κ3) is 4.86. The minimum absolute atomic E-state index is 0. The molecule has 0 spiro atoms. The molecule has 0 amide bonds. The van der Waals surface area contributed by atoms with Gasteiger partial charge in [0.1, 0.15) is 0 Å². The van der Waals surface area contributed by atoms with Crippen molar-refractivity contribution in [2.24, 2.45) is 11.3 Å². The molecule has 2 unspecified atom stereocenters. The van der Waals surface area contributed by atoms with Crippen LogP contribution >= 0.6 is 0 Å². The molecule has 0 N–H and O–H groups in total. The van der Waals surface area contributed by atoms with Gasteiger partial charge < -0.3 is 37.2 Å². The van der Waals surface area contributed by atoms with Gasteiger partial charge in [0.05, 0.1) is 0 Å². The van der Waals surface area contributed by atoms with Crippen LogP contribution in [-0.4, -0.2) is 0 Å². The normalized spacial score (nSPS) is 22.9. The fourth-order valence-electron chi connectivity index (χ4n) is 4.92. The molecular weight excluding hydrogens is 474 g/mol. The Morgan fingerprint density at radius 3 is 2.37 bits per heavy atom. The molecule has 0 saturated carbocycles. The SMILES string of the molecule is CC1=CC(C(C)(C)C2[C-]=CC3=C2CCCCC3)c2ccccc21.[Cl-].[Cl-].[Cl-].[Zr+4]. The molecule has 4 rings (SSSR count). The van der Waals surface area contributed by atoms with Gasteiger partial charge in [-0.15, -0.1) is 0 Å². The number of hydrogen-bond acceptors (Lipinski definition) is 0. The Morgan fingerprint density at radius 2 is 1.63 bits per heavy atom. The molecule has 1 aromatic carbocycles. The Labute approximate surface area is 202 Å². The average Bonchev–Trinajstić information content (AvgIpc) is 3.02. The summed E-state index contributed by atoms with van der Waals surface area (Å²) in [6.07, 6.45) is 15.2. The molecule has 0 radical (unpaired) electrons. The fourth-order valence-corrected chi connectivity index (χ4v) is 4.92. The van der Waals surface area contributed by atoms with Gasteiger partial charge in [-0.1, -0.05) is 75.8 Å². The van der Waals surface area contributed by atoms with Gasteiger partial charge in [-0.2, -0.15) is 11.1 Å². The van der Waals surface area contributed by atoms with Crippen molar-refractivity contribution >= 4 is 5.57 Å². The van der Waals surface area contributed by atoms with E-state index in [1.165, 1.54) is 48.8 Å². The van der Waals surface area contributed by atoms with E-state index in [1.807, 2.05) is 0 Å². The second-order valence-corrected chi connectivity index (χ2v) is 8.09. The predicted octanol–water partition coefficient (Wildman–Crippen LogP) is -2.53. The molecule has 144 valence electrons. The van der Waals surface area contributed by atoms with Crippen molar-refractivity contribution in [1.29, 1.82) is 0 Å². The summed E-state index contributed by atoms with van der Waals surface area (Å²) in [5.74, 6) is 0.982. The first-order valence-electron chi connectivity index (χ1n) is 9.18. The first-order chi connectivity index (χ1) is 11.1. The van der Waals surface area contributed by atoms with Crippen molar-refractivity contribution in [3.63, 3.8) is 0 Å². The van der Waals surface area contributed by atoms with Crippen LogP contribution in [0.3, 0.4) is 0 Å². The number of hydrogen-bond donors (Lipinski definition) is 0. The zero-order valence-electron chi connectivity index (χ0n) is 16.3. The molecule has 27 heavy (non-hydrogen) atoms. The van der Waals surface area contributed by atoms with Crippen LogP contribution in [0.2, 0.25) is 0 Å². The maximum absolute atomic E-state index is 3.76. The monoisotopic (exact) mass is 498 g/mol. The zero-order chi connectivity index (χ0) is 16.0. The summed E-state index contributed by atoms with van der Waals surface area (Å²) in [5.41, 5.74) is 7.89. The van der Waals surface area contributed by atoms with Crippen LogP contribution < -0.4 is 37.2 Å². The maximum Gasteiger partial charge on any atom is 4.00 e. The average molecular weight is 501 g/mol. The molecule has 3 aliphatic rings. The summed E-state index contributed by atoms with van der Waals surface area (Å²) in [6.45, 7) is 7.17. The van der Waals surface area contributed by atoms with Crippen molar-refractivity contribution in [1.82, 2.24) is 0 Å². The Balaban J connectivity index is 0.00000169. The molecule has 0 aromatic heterocycles. The Kier molecular flexibility index (Phi) is 10.9. The summed E-state index contributed by atoms with van der Waals surface area (Å²) in [6, 6.07) is 8.97. The van der Waals surface area contributed by atoms with Crippen molar-refractivity contribution in [2.45, 2.75) is 58.8 Å². The Hall–Kier alpha value is 0.193. The molecule has 0 saturated heterocycles. The van der Waals surface area contributed by atoms with Crippen LogP contribution in [0.4, 0.5) is 0 Å². The molecule has 4 heteroatoms. The number of halogens is 3. The topological polar surface area (TPSA) is 0 Å². The van der Waals surface area contributed by atoms with Crippen LogP contribution in [0.1, 0.15) is 69.9 Å². The minimum atomic E-state index is 0. The van der Waals surface area contributed by atoms with Crippen LogP contribution in [0, 0.1) is 17.4 Å². The van der Waals surface area contributed by atoms with Crippen LogP contribution in [0.5, 0.6) is 0 Å². The Bertz CT molecular complexity index is 731. The fraction of sp³-hybridized carbons (Fsp3) is 0.478. The second-order valence-electron chi connectivity index (χ2n) is 8.09. The molecule has 2 atom stereocenters. The van der Waals surface area contributed by atoms with Gasteiger partial charge in [0.25, 0.3) is 0 Å². The summed E-state index contributed by atoms with van der Waals surface area (Å²) >= 11 is 0. The predicted molar refractivity (Wildman–Crippen MR) is 98.0 cm³/mol. The number of rotatable bonds is 2. The molecule has 0 nitrogen and oxygen atoms in total. The molecular formula is C23H27Cl3Zr. The van der Waals surface area contributed by atoms with Gasteiger partial charge in [0.15, 0.2) is 0 Å². The third-order valence-corrected chi connectivity index (χ3v) is 6.26. The van der Waals surface area contributed by atoms with Gasteiger partial charge >= 0.3 is 26.2 Å². The van der Waals surface area contributed by atoms with E-state index < -0.39 is 0 Å². The quantitative estimate of drug-likeness (QED) is 0.393. The van der Waals surface area contributed by atoms with Gasteiger partial charge in [0, 0.05) is 5.92 Å². The van der Waals surface area contributed by atoms with Crippen molar-refractivity contribution < 1.29 is 63.4 Å². The first kappa shape index (κ1) is 27.2. The number of fused-ring (bicyclic) bond motifs is 1. The van der Waals surface area contributed by atoms with E-state index in [0.717, 1.165) is 0 Å². The molecule has 0 aliphatic heterocycles. The molecule has 0 fully saturated rings. The maximum atomic E-state index is 3.76. The molecule has 0 bridgehead atoms. The van der Waals surface area contributed by atoms with E-state index in [9.17, 15) is 0 Å². The minimum Gasteiger partial charge on any atom is -1.00 e. The molecule has 1 aromatic rings. The summed E-state index contributed by atoms with van der Waals surface area (Å²) < 4.78 is 0. The van der Waals surface area contributed by atoms with E-state index in [0.29, 0.717) is 11.8 Å². The van der Waals surface area contributed by atoms with E-state index in [4.69, 9.17) is 0 Å². The van der Waals surface area contributed by atoms with Gasteiger partial charge in [-0.25, -0.2) is 6.08 Å². The zero-order valence-corrected chi connectivity index (χ0v) is 21.0. The van der Waals surface area contributed by atoms with E-state index in [-0.39, 0.29) is 68.8 Å². The van der Waals surface area contributed by atoms with Crippen LogP contribution in [0.15, 0.2) is 47.6 Å². The van der Waals surface area contributed by atoms with Gasteiger partial charge in [-0.05, 0) is 35.5 Å². The largest absolute Gasteiger partial charge is 4.00 e. The van der Waals surface area contributed by atoms with Gasteiger partial charge in [-0.3, -0.25) is 6.08 Å². The summed E-state index contributed by atoms with van der Waals surface area (Å²) in [7, 11) is 0. The number of allylic oxidation sites excluding steroid dienone is 6. The summed E-state index contributed by atoms with van der Waals surface area (Å²) in [4.78, 5) is 0. The van der Waals surface area contributed by atoms with E-state index in [1.54, 1.807) is 11.1 Å². The third-order valence-electron chi connectivity index (χ3n) is 6.26. The standard InChI is InChI=1S/C23H27.3ClH.Zr/c1-16-15-22(20-12-8-7-10-18(16)20)23(2,3)21-14-13-17-9-5-4-6-11-19(17)21;;;;/h7-8,10,12-13,15,21-22H,4-6,9,11H2,1-3H3;3*1H;/q-1;;;;+4/p-3. The van der Waals surface area contributed by atoms with Crippen LogP contribution in [0.25, 0.3) is 5.57 Å². The van der Waals surface area contributed by atoms with Crippen molar-refractivity contribution in [2.75, 3.05) is 0 Å². The molecule has 3 aliphatic carbocycles. The number of benzene rings is 1. The smallest absolute Gasteiger partial charge is 1.00 e. The van der Waals surface area contributed by atoms with E-state index >= 15 is 0 Å². The summed E-state index contributed by atoms with van der Waals surface area (Å²) in [5, 5.41) is 0. The van der Waals surface area contributed by atoms with E-state index in [2.05, 4.69) is 63.3 Å². The van der Waals surface area contributed by atoms with Crippen molar-refractivity contribution in [3.05, 3.63) is 64.8 Å². The first-order valence-corrected chi connectivity index (χ1v) is 9.18. The second kappa shape index (κ2) is 10.8.